The summed E-state index contributed by atoms with van der Waals surface area (Å²) in [7, 11) is 0. The maximum Gasteiger partial charge on any atom is 0.331 e. The van der Waals surface area contributed by atoms with Crippen molar-refractivity contribution in [2.75, 3.05) is 5.32 Å². The Bertz CT molecular complexity index is 1150. The number of carbonyl (C=O) groups excluding carboxylic acids is 2. The number of benzene rings is 2. The Morgan fingerprint density at radius 2 is 1.81 bits per heavy atom. The van der Waals surface area contributed by atoms with Gasteiger partial charge in [-0.25, -0.2) is 4.79 Å². The van der Waals surface area contributed by atoms with Gasteiger partial charge in [0.2, 0.25) is 0 Å². The molecule has 1 unspecified atom stereocenters. The maximum atomic E-state index is 12.3. The standard InChI is InChI=1S/C25H26ClN3O3/c1-16-9-11-20(12-10-16)15-29-18(3)21(17(2)28-29)13-14-24(30)32-19(4)25(31)27-23-8-6-5-7-22(23)26/h5-14,19H,15H2,1-4H3,(H,27,31)/b14-13+. The smallest absolute Gasteiger partial charge is 0.331 e. The second-order valence-electron chi connectivity index (χ2n) is 7.61. The molecule has 0 saturated heterocycles. The Balaban J connectivity index is 1.62. The van der Waals surface area contributed by atoms with Crippen molar-refractivity contribution in [1.29, 1.82) is 0 Å². The molecule has 6 nitrogen and oxygen atoms in total. The molecule has 32 heavy (non-hydrogen) atoms. The van der Waals surface area contributed by atoms with Gasteiger partial charge in [0.05, 0.1) is 22.9 Å². The molecular weight excluding hydrogens is 426 g/mol. The molecule has 0 fully saturated rings. The number of para-hydroxylation sites is 1. The van der Waals surface area contributed by atoms with Crippen LogP contribution < -0.4 is 5.32 Å². The number of hydrogen-bond donors (Lipinski definition) is 1. The first-order chi connectivity index (χ1) is 15.2. The van der Waals surface area contributed by atoms with E-state index in [1.807, 2.05) is 18.5 Å². The Labute approximate surface area is 192 Å². The number of nitrogens with zero attached hydrogens (tertiary/aromatic N) is 2. The molecule has 2 aromatic carbocycles. The van der Waals surface area contributed by atoms with Gasteiger partial charge < -0.3 is 10.1 Å². The van der Waals surface area contributed by atoms with Gasteiger partial charge >= 0.3 is 5.97 Å². The molecule has 1 aromatic heterocycles. The maximum absolute atomic E-state index is 12.3. The fraction of sp³-hybridized carbons (Fsp3) is 0.240. The van der Waals surface area contributed by atoms with Gasteiger partial charge in [0.25, 0.3) is 5.91 Å². The number of amides is 1. The van der Waals surface area contributed by atoms with E-state index < -0.39 is 18.0 Å². The first-order valence-corrected chi connectivity index (χ1v) is 10.7. The zero-order chi connectivity index (χ0) is 23.3. The van der Waals surface area contributed by atoms with Crippen LogP contribution in [0.25, 0.3) is 6.08 Å². The van der Waals surface area contributed by atoms with Crippen molar-refractivity contribution in [3.05, 3.63) is 87.7 Å². The Morgan fingerprint density at radius 1 is 1.12 bits per heavy atom. The lowest BCUT2D eigenvalue weighted by atomic mass is 10.1. The van der Waals surface area contributed by atoms with Crippen LogP contribution in [-0.2, 0) is 20.9 Å². The molecule has 0 aliphatic heterocycles. The number of rotatable bonds is 7. The van der Waals surface area contributed by atoms with Crippen molar-refractivity contribution in [3.63, 3.8) is 0 Å². The summed E-state index contributed by atoms with van der Waals surface area (Å²) in [5.41, 5.74) is 5.42. The zero-order valence-electron chi connectivity index (χ0n) is 18.6. The highest BCUT2D eigenvalue weighted by Crippen LogP contribution is 2.21. The third-order valence-corrected chi connectivity index (χ3v) is 5.40. The van der Waals surface area contributed by atoms with Crippen molar-refractivity contribution in [2.24, 2.45) is 0 Å². The minimum absolute atomic E-state index is 0.410. The van der Waals surface area contributed by atoms with Crippen LogP contribution in [0.4, 0.5) is 5.69 Å². The van der Waals surface area contributed by atoms with E-state index in [0.717, 1.165) is 22.5 Å². The number of carbonyl (C=O) groups is 2. The largest absolute Gasteiger partial charge is 0.449 e. The van der Waals surface area contributed by atoms with Crippen molar-refractivity contribution in [1.82, 2.24) is 9.78 Å². The summed E-state index contributed by atoms with van der Waals surface area (Å²) in [6, 6.07) is 15.2. The van der Waals surface area contributed by atoms with Crippen LogP contribution in [0.3, 0.4) is 0 Å². The predicted molar refractivity (Wildman–Crippen MR) is 127 cm³/mol. The molecule has 3 aromatic rings. The van der Waals surface area contributed by atoms with E-state index >= 15 is 0 Å². The number of aryl methyl sites for hydroxylation is 2. The normalized spacial score (nSPS) is 12.0. The lowest BCUT2D eigenvalue weighted by Gasteiger charge is -2.13. The third-order valence-electron chi connectivity index (χ3n) is 5.07. The molecule has 1 N–H and O–H groups in total. The monoisotopic (exact) mass is 451 g/mol. The van der Waals surface area contributed by atoms with Crippen LogP contribution in [0.2, 0.25) is 5.02 Å². The van der Waals surface area contributed by atoms with E-state index in [9.17, 15) is 9.59 Å². The predicted octanol–water partition coefficient (Wildman–Crippen LogP) is 5.09. The highest BCUT2D eigenvalue weighted by molar-refractivity contribution is 6.33. The molecular formula is C25H26ClN3O3. The number of nitrogens with one attached hydrogen (secondary N) is 1. The SMILES string of the molecule is Cc1ccc(Cn2nc(C)c(/C=C/C(=O)OC(C)C(=O)Nc3ccccc3Cl)c2C)cc1. The van der Waals surface area contributed by atoms with Crippen molar-refractivity contribution >= 4 is 35.2 Å². The topological polar surface area (TPSA) is 73.2 Å². The molecule has 1 heterocycles. The summed E-state index contributed by atoms with van der Waals surface area (Å²) in [5.74, 6) is -1.07. The minimum Gasteiger partial charge on any atom is -0.449 e. The summed E-state index contributed by atoms with van der Waals surface area (Å²) in [6.45, 7) is 8.05. The van der Waals surface area contributed by atoms with Gasteiger partial charge in [0.1, 0.15) is 0 Å². The van der Waals surface area contributed by atoms with Gasteiger partial charge in [-0.2, -0.15) is 5.10 Å². The Hall–Kier alpha value is -3.38. The molecule has 0 saturated carbocycles. The third kappa shape index (κ3) is 5.86. The van der Waals surface area contributed by atoms with Gasteiger partial charge in [-0.05, 0) is 51.5 Å². The van der Waals surface area contributed by atoms with Crippen LogP contribution in [0.1, 0.15) is 35.0 Å². The van der Waals surface area contributed by atoms with E-state index in [4.69, 9.17) is 16.3 Å². The first kappa shape index (κ1) is 23.3. The van der Waals surface area contributed by atoms with Gasteiger partial charge in [-0.15, -0.1) is 0 Å². The highest BCUT2D eigenvalue weighted by atomic mass is 35.5. The second-order valence-corrected chi connectivity index (χ2v) is 8.02. The molecule has 3 rings (SSSR count). The van der Waals surface area contributed by atoms with Crippen LogP contribution in [-0.4, -0.2) is 27.8 Å². The minimum atomic E-state index is -0.977. The van der Waals surface area contributed by atoms with Crippen LogP contribution in [0, 0.1) is 20.8 Å². The zero-order valence-corrected chi connectivity index (χ0v) is 19.3. The molecule has 1 amide bonds. The van der Waals surface area contributed by atoms with E-state index in [1.54, 1.807) is 30.3 Å². The summed E-state index contributed by atoms with van der Waals surface area (Å²) in [4.78, 5) is 24.6. The Morgan fingerprint density at radius 3 is 2.50 bits per heavy atom. The average molecular weight is 452 g/mol. The molecule has 0 radical (unpaired) electrons. The molecule has 0 aliphatic rings. The summed E-state index contributed by atoms with van der Waals surface area (Å²) in [5, 5.41) is 7.65. The van der Waals surface area contributed by atoms with Crippen molar-refractivity contribution < 1.29 is 14.3 Å². The van der Waals surface area contributed by atoms with Crippen molar-refractivity contribution in [2.45, 2.75) is 40.3 Å². The average Bonchev–Trinajstić information content (AvgIpc) is 3.02. The van der Waals surface area contributed by atoms with E-state index in [1.165, 1.54) is 18.6 Å². The lowest BCUT2D eigenvalue weighted by Crippen LogP contribution is -2.29. The highest BCUT2D eigenvalue weighted by Gasteiger charge is 2.18. The molecule has 0 spiro atoms. The van der Waals surface area contributed by atoms with Gasteiger partial charge in [0, 0.05) is 17.3 Å². The second kappa shape index (κ2) is 10.3. The number of anilines is 1. The molecule has 0 bridgehead atoms. The van der Waals surface area contributed by atoms with Crippen LogP contribution >= 0.6 is 11.6 Å². The van der Waals surface area contributed by atoms with Gasteiger partial charge in [-0.1, -0.05) is 53.6 Å². The number of hydrogen-bond acceptors (Lipinski definition) is 4. The van der Waals surface area contributed by atoms with Crippen molar-refractivity contribution in [3.8, 4) is 0 Å². The quantitative estimate of drug-likeness (QED) is 0.401. The van der Waals surface area contributed by atoms with E-state index in [0.29, 0.717) is 17.3 Å². The van der Waals surface area contributed by atoms with Gasteiger partial charge in [0.15, 0.2) is 6.10 Å². The van der Waals surface area contributed by atoms with E-state index in [-0.39, 0.29) is 0 Å². The number of halogens is 1. The van der Waals surface area contributed by atoms with Gasteiger partial charge in [-0.3, -0.25) is 9.48 Å². The van der Waals surface area contributed by atoms with Crippen LogP contribution in [0.5, 0.6) is 0 Å². The fourth-order valence-electron chi connectivity index (χ4n) is 3.19. The van der Waals surface area contributed by atoms with E-state index in [2.05, 4.69) is 41.6 Å². The first-order valence-electron chi connectivity index (χ1n) is 10.3. The number of ether oxygens (including phenoxy) is 1. The fourth-order valence-corrected chi connectivity index (χ4v) is 3.37. The summed E-state index contributed by atoms with van der Waals surface area (Å²) >= 11 is 6.04. The molecule has 1 atom stereocenters. The molecule has 166 valence electrons. The number of aromatic nitrogens is 2. The molecule has 0 aliphatic carbocycles. The molecule has 7 heteroatoms. The Kier molecular flexibility index (Phi) is 7.49. The summed E-state index contributed by atoms with van der Waals surface area (Å²) in [6.07, 6.45) is 2.01. The lowest BCUT2D eigenvalue weighted by molar-refractivity contribution is -0.148. The van der Waals surface area contributed by atoms with Crippen LogP contribution in [0.15, 0.2) is 54.6 Å². The number of esters is 1. The summed E-state index contributed by atoms with van der Waals surface area (Å²) < 4.78 is 7.14.